The summed E-state index contributed by atoms with van der Waals surface area (Å²) in [6.45, 7) is 14.5. The number of para-hydroxylation sites is 2. The first-order valence-electron chi connectivity index (χ1n) is 27.1. The van der Waals surface area contributed by atoms with Gasteiger partial charge in [-0.05, 0) is 105 Å². The van der Waals surface area contributed by atoms with Gasteiger partial charge in [0.2, 0.25) is 0 Å². The average molecular weight is 1200 g/mol. The molecular formula is C69H54FN4OPtS-3. The van der Waals surface area contributed by atoms with Crippen molar-refractivity contribution in [1.29, 1.82) is 0 Å². The SMILES string of the molecule is [2H]c1nc(-n2c3[c-]c(Oc4[c-]c(N5[CH-]N(c6c(-c7ccccc7)cc(C(C)(C)C)cc6-c6ccccc6)c6ccccc65)ccc4)ccc3c3c4sc5ccccc5c4ccc32)cc(C([2H])([2H])C(C)(C)C)c1-c1ccc(F)cc1.[Pt]. The predicted octanol–water partition coefficient (Wildman–Crippen LogP) is 19.4. The molecule has 3 aromatic heterocycles. The third kappa shape index (κ3) is 9.19. The first-order valence-corrected chi connectivity index (χ1v) is 26.4. The second-order valence-corrected chi connectivity index (χ2v) is 22.6. The smallest absolute Gasteiger partial charge is 0.135 e. The van der Waals surface area contributed by atoms with Crippen LogP contribution >= 0.6 is 11.3 Å². The predicted molar refractivity (Wildman–Crippen MR) is 315 cm³/mol. The van der Waals surface area contributed by atoms with Gasteiger partial charge in [-0.1, -0.05) is 156 Å². The summed E-state index contributed by atoms with van der Waals surface area (Å²) in [6, 6.07) is 71.8. The number of hydrogen-bond donors (Lipinski definition) is 0. The molecule has 1 aliphatic rings. The van der Waals surface area contributed by atoms with Crippen LogP contribution in [0.15, 0.2) is 200 Å². The van der Waals surface area contributed by atoms with Crippen LogP contribution in [0.3, 0.4) is 0 Å². The van der Waals surface area contributed by atoms with E-state index in [1.807, 2.05) is 49.6 Å². The van der Waals surface area contributed by atoms with Crippen LogP contribution < -0.4 is 14.5 Å². The molecule has 0 saturated heterocycles. The summed E-state index contributed by atoms with van der Waals surface area (Å²) < 4.78 is 54.2. The van der Waals surface area contributed by atoms with Gasteiger partial charge in [-0.3, -0.25) is 0 Å². The molecule has 0 aliphatic carbocycles. The molecule has 0 N–H and O–H groups in total. The minimum Gasteiger partial charge on any atom is -0.509 e. The number of ether oxygens (including phenoxy) is 1. The molecule has 12 aromatic rings. The van der Waals surface area contributed by atoms with E-state index < -0.39 is 17.6 Å². The number of thiophene rings is 1. The van der Waals surface area contributed by atoms with Gasteiger partial charge in [0.15, 0.2) is 0 Å². The van der Waals surface area contributed by atoms with E-state index in [2.05, 4.69) is 189 Å². The van der Waals surface area contributed by atoms with Crippen molar-refractivity contribution in [3.05, 3.63) is 236 Å². The topological polar surface area (TPSA) is 33.5 Å². The van der Waals surface area contributed by atoms with Crippen molar-refractivity contribution < 1.29 is 34.3 Å². The Kier molecular flexibility index (Phi) is 11.8. The Labute approximate surface area is 472 Å². The number of anilines is 4. The molecule has 0 radical (unpaired) electrons. The van der Waals surface area contributed by atoms with E-state index in [9.17, 15) is 8.50 Å². The monoisotopic (exact) mass is 1200 g/mol. The Morgan fingerprint density at radius 3 is 1.94 bits per heavy atom. The Bertz CT molecular complexity index is 4300. The van der Waals surface area contributed by atoms with E-state index in [1.165, 1.54) is 17.7 Å². The number of fused-ring (bicyclic) bond motifs is 8. The van der Waals surface area contributed by atoms with Crippen molar-refractivity contribution in [2.45, 2.75) is 53.3 Å². The molecule has 1 aliphatic heterocycles. The normalized spacial score (nSPS) is 13.5. The van der Waals surface area contributed by atoms with Crippen LogP contribution in [-0.2, 0) is 32.9 Å². The van der Waals surface area contributed by atoms with Crippen LogP contribution in [0, 0.1) is 30.0 Å². The molecule has 0 unspecified atom stereocenters. The third-order valence-electron chi connectivity index (χ3n) is 14.1. The molecule has 382 valence electrons. The van der Waals surface area contributed by atoms with E-state index in [0.717, 1.165) is 81.5 Å². The zero-order valence-electron chi connectivity index (χ0n) is 46.4. The van der Waals surface area contributed by atoms with Crippen molar-refractivity contribution >= 4 is 76.1 Å². The number of benzene rings is 9. The van der Waals surface area contributed by atoms with E-state index >= 15 is 0 Å². The fraction of sp³-hybridized carbons (Fsp3) is 0.130. The van der Waals surface area contributed by atoms with Crippen LogP contribution in [0.1, 0.15) is 56.8 Å². The molecule has 8 heteroatoms. The average Bonchev–Trinajstić information content (AvgIpc) is 4.15. The van der Waals surface area contributed by atoms with Crippen LogP contribution in [0.2, 0.25) is 0 Å². The summed E-state index contributed by atoms with van der Waals surface area (Å²) in [5, 5.41) is 4.18. The van der Waals surface area contributed by atoms with Crippen LogP contribution in [-0.4, -0.2) is 9.55 Å². The van der Waals surface area contributed by atoms with Gasteiger partial charge in [-0.25, -0.2) is 9.37 Å². The maximum Gasteiger partial charge on any atom is 0.135 e. The summed E-state index contributed by atoms with van der Waals surface area (Å²) in [5.74, 6) is 0.846. The summed E-state index contributed by atoms with van der Waals surface area (Å²) in [5.41, 5.74) is 11.2. The minimum absolute atomic E-state index is 0. The first kappa shape index (κ1) is 46.5. The van der Waals surface area contributed by atoms with Gasteiger partial charge in [0.25, 0.3) is 0 Å². The van der Waals surface area contributed by atoms with E-state index in [0.29, 0.717) is 34.0 Å². The molecule has 5 nitrogen and oxygen atoms in total. The molecule has 0 saturated carbocycles. The molecule has 13 rings (SSSR count). The fourth-order valence-electron chi connectivity index (χ4n) is 10.6. The van der Waals surface area contributed by atoms with Crippen molar-refractivity contribution in [3.8, 4) is 50.7 Å². The number of nitrogens with zero attached hydrogens (tertiary/aromatic N) is 4. The van der Waals surface area contributed by atoms with Crippen LogP contribution in [0.4, 0.5) is 27.1 Å². The van der Waals surface area contributed by atoms with Gasteiger partial charge < -0.3 is 19.1 Å². The van der Waals surface area contributed by atoms with Gasteiger partial charge in [0, 0.05) is 101 Å². The van der Waals surface area contributed by atoms with Crippen molar-refractivity contribution in [1.82, 2.24) is 9.55 Å². The summed E-state index contributed by atoms with van der Waals surface area (Å²) >= 11 is 1.72. The number of pyridine rings is 1. The number of hydrogen-bond acceptors (Lipinski definition) is 5. The largest absolute Gasteiger partial charge is 0.509 e. The van der Waals surface area contributed by atoms with Crippen molar-refractivity contribution in [3.63, 3.8) is 0 Å². The summed E-state index contributed by atoms with van der Waals surface area (Å²) in [7, 11) is 0. The molecule has 0 bridgehead atoms. The quantitative estimate of drug-likeness (QED) is 0.135. The Balaban J connectivity index is 0.00000637. The number of rotatable bonds is 9. The van der Waals surface area contributed by atoms with Crippen LogP contribution in [0.25, 0.3) is 81.2 Å². The van der Waals surface area contributed by atoms with Crippen LogP contribution in [0.5, 0.6) is 11.5 Å². The maximum absolute atomic E-state index is 14.3. The number of aromatic nitrogens is 2. The molecule has 4 heterocycles. The van der Waals surface area contributed by atoms with Crippen molar-refractivity contribution in [2.75, 3.05) is 9.80 Å². The zero-order valence-corrected chi connectivity index (χ0v) is 46.4. The fourth-order valence-corrected chi connectivity index (χ4v) is 11.8. The number of halogens is 1. The minimum atomic E-state index is -1.95. The Morgan fingerprint density at radius 2 is 1.25 bits per heavy atom. The first-order chi connectivity index (χ1) is 38.0. The molecule has 0 amide bonds. The molecule has 0 atom stereocenters. The van der Waals surface area contributed by atoms with Crippen molar-refractivity contribution in [2.24, 2.45) is 5.41 Å². The second-order valence-electron chi connectivity index (χ2n) is 21.5. The standard InChI is InChI=1S/C69H54FN4OS.Pt/c1-68(2,3)41-47-36-64(71-42-58(47)46-28-30-49(70)31-29-46)74-61-35-34-54-53-24-13-16-27-63(53)76-67(54)65(61)55-33-32-52(40-62(55)74)75-51-23-17-22-50(39-51)72-43-73(60-26-15-14-25-59(60)72)66-56(44-18-9-7-10-19-44)37-48(69(4,5)6)38-57(66)45-20-11-8-12-21-45;/h7-38,42-43H,41H2,1-6H3;/q-3;/i41D2,42D;. The molecular weight excluding hydrogens is 1150 g/mol. The Hall–Kier alpha value is -7.83. The van der Waals surface area contributed by atoms with Gasteiger partial charge >= 0.3 is 0 Å². The van der Waals surface area contributed by atoms with E-state index in [1.54, 1.807) is 29.5 Å². The maximum atomic E-state index is 14.3. The summed E-state index contributed by atoms with van der Waals surface area (Å²) in [6.07, 6.45) is -2.08. The van der Waals surface area contributed by atoms with Gasteiger partial charge in [-0.15, -0.1) is 59.4 Å². The molecule has 77 heavy (non-hydrogen) atoms. The zero-order chi connectivity index (χ0) is 54.5. The van der Waals surface area contributed by atoms with Gasteiger partial charge in [0.05, 0.1) is 1.37 Å². The molecule has 0 fully saturated rings. The molecule has 9 aromatic carbocycles. The van der Waals surface area contributed by atoms with E-state index in [-0.39, 0.29) is 38.2 Å². The molecule has 0 spiro atoms. The van der Waals surface area contributed by atoms with E-state index in [4.69, 9.17) is 9.72 Å². The second kappa shape index (κ2) is 19.6. The third-order valence-corrected chi connectivity index (χ3v) is 15.3. The van der Waals surface area contributed by atoms with Gasteiger partial charge in [-0.2, -0.15) is 12.1 Å². The van der Waals surface area contributed by atoms with Gasteiger partial charge in [0.1, 0.15) is 11.6 Å². The summed E-state index contributed by atoms with van der Waals surface area (Å²) in [4.78, 5) is 9.44. The Morgan fingerprint density at radius 1 is 0.623 bits per heavy atom.